The molecule has 3 aromatic rings. The van der Waals surface area contributed by atoms with Crippen molar-refractivity contribution in [1.82, 2.24) is 5.16 Å². The summed E-state index contributed by atoms with van der Waals surface area (Å²) in [5.41, 5.74) is 8.27. The van der Waals surface area contributed by atoms with E-state index in [1.165, 1.54) is 0 Å². The zero-order valence-corrected chi connectivity index (χ0v) is 10.8. The second-order valence-corrected chi connectivity index (χ2v) is 4.42. The molecule has 0 fully saturated rings. The summed E-state index contributed by atoms with van der Waals surface area (Å²) in [5, 5.41) is 3.89. The van der Waals surface area contributed by atoms with Crippen LogP contribution in [0.4, 0.5) is 5.88 Å². The molecule has 0 amide bonds. The number of nitrogens with zero attached hydrogens (tertiary/aromatic N) is 1. The maximum absolute atomic E-state index is 5.77. The fourth-order valence-electron chi connectivity index (χ4n) is 1.91. The molecule has 1 aromatic heterocycles. The van der Waals surface area contributed by atoms with Gasteiger partial charge < -0.3 is 15.0 Å². The normalized spacial score (nSPS) is 10.4. The van der Waals surface area contributed by atoms with Crippen molar-refractivity contribution in [2.45, 2.75) is 6.61 Å². The molecule has 2 aromatic carbocycles. The van der Waals surface area contributed by atoms with Gasteiger partial charge in [-0.25, -0.2) is 0 Å². The molecule has 0 bridgehead atoms. The molecule has 0 aliphatic rings. The number of hydrogen-bond donors (Lipinski definition) is 1. The average Bonchev–Trinajstić information content (AvgIpc) is 2.93. The summed E-state index contributed by atoms with van der Waals surface area (Å²) in [5.74, 6) is 1.09. The van der Waals surface area contributed by atoms with Crippen LogP contribution in [0, 0.1) is 0 Å². The summed E-state index contributed by atoms with van der Waals surface area (Å²) < 4.78 is 10.6. The van der Waals surface area contributed by atoms with Gasteiger partial charge in [-0.3, -0.25) is 0 Å². The number of rotatable bonds is 4. The summed E-state index contributed by atoms with van der Waals surface area (Å²) in [6.07, 6.45) is 0. The molecule has 3 rings (SSSR count). The van der Waals surface area contributed by atoms with E-state index in [4.69, 9.17) is 15.0 Å². The van der Waals surface area contributed by atoms with E-state index in [9.17, 15) is 0 Å². The molecule has 4 nitrogen and oxygen atoms in total. The van der Waals surface area contributed by atoms with Crippen LogP contribution in [0.3, 0.4) is 0 Å². The molecule has 0 aliphatic heterocycles. The van der Waals surface area contributed by atoms with Crippen molar-refractivity contribution in [1.29, 1.82) is 0 Å². The fraction of sp³-hybridized carbons (Fsp3) is 0.0625. The summed E-state index contributed by atoms with van der Waals surface area (Å²) in [7, 11) is 0. The van der Waals surface area contributed by atoms with Crippen LogP contribution in [-0.4, -0.2) is 5.16 Å². The maximum Gasteiger partial charge on any atom is 0.222 e. The second-order valence-electron chi connectivity index (χ2n) is 4.42. The van der Waals surface area contributed by atoms with Gasteiger partial charge in [0.25, 0.3) is 0 Å². The van der Waals surface area contributed by atoms with Gasteiger partial charge in [0, 0.05) is 11.6 Å². The smallest absolute Gasteiger partial charge is 0.222 e. The Morgan fingerprint density at radius 1 is 1.00 bits per heavy atom. The lowest BCUT2D eigenvalue weighted by Crippen LogP contribution is -1.94. The molecule has 0 saturated heterocycles. The van der Waals surface area contributed by atoms with Gasteiger partial charge in [0.05, 0.1) is 0 Å². The lowest BCUT2D eigenvalue weighted by Gasteiger charge is -2.07. The van der Waals surface area contributed by atoms with Gasteiger partial charge in [0.1, 0.15) is 18.1 Å². The highest BCUT2D eigenvalue weighted by Crippen LogP contribution is 2.24. The molecular formula is C16H14N2O2. The zero-order valence-electron chi connectivity index (χ0n) is 10.8. The lowest BCUT2D eigenvalue weighted by molar-refractivity contribution is 0.306. The van der Waals surface area contributed by atoms with Crippen LogP contribution in [0.2, 0.25) is 0 Å². The molecule has 0 saturated carbocycles. The molecule has 2 N–H and O–H groups in total. The van der Waals surface area contributed by atoms with E-state index in [1.807, 2.05) is 54.6 Å². The van der Waals surface area contributed by atoms with Gasteiger partial charge >= 0.3 is 0 Å². The van der Waals surface area contributed by atoms with E-state index in [1.54, 1.807) is 6.07 Å². The van der Waals surface area contributed by atoms with Crippen LogP contribution in [-0.2, 0) is 6.61 Å². The van der Waals surface area contributed by atoms with Crippen molar-refractivity contribution < 1.29 is 9.26 Å². The summed E-state index contributed by atoms with van der Waals surface area (Å²) in [4.78, 5) is 0. The number of aromatic nitrogens is 1. The Kier molecular flexibility index (Phi) is 3.37. The van der Waals surface area contributed by atoms with E-state index in [0.29, 0.717) is 18.2 Å². The Morgan fingerprint density at radius 2 is 1.85 bits per heavy atom. The molecule has 20 heavy (non-hydrogen) atoms. The summed E-state index contributed by atoms with van der Waals surface area (Å²) >= 11 is 0. The van der Waals surface area contributed by atoms with E-state index in [0.717, 1.165) is 16.9 Å². The minimum atomic E-state index is 0.301. The highest BCUT2D eigenvalue weighted by Gasteiger charge is 2.05. The standard InChI is InChI=1S/C16H14N2O2/c17-16-10-15(18-20-16)13-7-4-8-14(9-13)19-11-12-5-2-1-3-6-12/h1-10H,11,17H2. The van der Waals surface area contributed by atoms with E-state index >= 15 is 0 Å². The van der Waals surface area contributed by atoms with Crippen LogP contribution in [0.1, 0.15) is 5.56 Å². The minimum Gasteiger partial charge on any atom is -0.489 e. The number of hydrogen-bond acceptors (Lipinski definition) is 4. The van der Waals surface area contributed by atoms with Crippen molar-refractivity contribution >= 4 is 5.88 Å². The number of nitrogens with two attached hydrogens (primary N) is 1. The van der Waals surface area contributed by atoms with Crippen LogP contribution in [0.5, 0.6) is 5.75 Å². The minimum absolute atomic E-state index is 0.301. The highest BCUT2D eigenvalue weighted by atomic mass is 16.5. The third kappa shape index (κ3) is 2.80. The lowest BCUT2D eigenvalue weighted by atomic mass is 10.1. The zero-order chi connectivity index (χ0) is 13.8. The monoisotopic (exact) mass is 266 g/mol. The largest absolute Gasteiger partial charge is 0.489 e. The quantitative estimate of drug-likeness (QED) is 0.785. The van der Waals surface area contributed by atoms with E-state index in [2.05, 4.69) is 5.16 Å². The average molecular weight is 266 g/mol. The van der Waals surface area contributed by atoms with Gasteiger partial charge in [0.15, 0.2) is 0 Å². The van der Waals surface area contributed by atoms with Crippen molar-refractivity contribution in [3.63, 3.8) is 0 Å². The Labute approximate surface area is 116 Å². The molecule has 0 unspecified atom stereocenters. The maximum atomic E-state index is 5.77. The number of nitrogen functional groups attached to an aromatic ring is 1. The molecule has 1 heterocycles. The molecule has 0 radical (unpaired) electrons. The predicted octanol–water partition coefficient (Wildman–Crippen LogP) is 3.50. The SMILES string of the molecule is Nc1cc(-c2cccc(OCc3ccccc3)c2)no1. The first-order valence-electron chi connectivity index (χ1n) is 6.30. The van der Waals surface area contributed by atoms with Gasteiger partial charge in [-0.2, -0.15) is 0 Å². The van der Waals surface area contributed by atoms with Crippen molar-refractivity contribution in [2.24, 2.45) is 0 Å². The van der Waals surface area contributed by atoms with E-state index < -0.39 is 0 Å². The van der Waals surface area contributed by atoms with Crippen LogP contribution in [0.25, 0.3) is 11.3 Å². The predicted molar refractivity (Wildman–Crippen MR) is 77.1 cm³/mol. The van der Waals surface area contributed by atoms with Crippen molar-refractivity contribution in [3.05, 3.63) is 66.2 Å². The Morgan fingerprint density at radius 3 is 2.60 bits per heavy atom. The van der Waals surface area contributed by atoms with Crippen molar-refractivity contribution in [3.8, 4) is 17.0 Å². The first-order chi connectivity index (χ1) is 9.81. The van der Waals surface area contributed by atoms with E-state index in [-0.39, 0.29) is 0 Å². The molecule has 4 heteroatoms. The first-order valence-corrected chi connectivity index (χ1v) is 6.30. The molecular weight excluding hydrogens is 252 g/mol. The van der Waals surface area contributed by atoms with Gasteiger partial charge in [-0.05, 0) is 17.7 Å². The van der Waals surface area contributed by atoms with Crippen LogP contribution < -0.4 is 10.5 Å². The Balaban J connectivity index is 1.75. The third-order valence-electron chi connectivity index (χ3n) is 2.91. The second kappa shape index (κ2) is 5.48. The Hall–Kier alpha value is -2.75. The number of anilines is 1. The van der Waals surface area contributed by atoms with Crippen LogP contribution in [0.15, 0.2) is 65.2 Å². The number of benzene rings is 2. The fourth-order valence-corrected chi connectivity index (χ4v) is 1.91. The summed E-state index contributed by atoms with van der Waals surface area (Å²) in [6, 6.07) is 19.4. The van der Waals surface area contributed by atoms with Gasteiger partial charge in [-0.15, -0.1) is 0 Å². The van der Waals surface area contributed by atoms with Gasteiger partial charge in [-0.1, -0.05) is 47.6 Å². The first kappa shape index (κ1) is 12.3. The van der Waals surface area contributed by atoms with Gasteiger partial charge in [0.2, 0.25) is 5.88 Å². The molecule has 0 aliphatic carbocycles. The summed E-state index contributed by atoms with van der Waals surface area (Å²) in [6.45, 7) is 0.533. The topological polar surface area (TPSA) is 61.3 Å². The molecule has 100 valence electrons. The Bertz CT molecular complexity index is 692. The van der Waals surface area contributed by atoms with Crippen molar-refractivity contribution in [2.75, 3.05) is 5.73 Å². The molecule has 0 spiro atoms. The number of ether oxygens (including phenoxy) is 1. The highest BCUT2D eigenvalue weighted by molar-refractivity contribution is 5.62. The third-order valence-corrected chi connectivity index (χ3v) is 2.91. The van der Waals surface area contributed by atoms with Crippen LogP contribution >= 0.6 is 0 Å². The molecule has 0 atom stereocenters.